The summed E-state index contributed by atoms with van der Waals surface area (Å²) in [6, 6.07) is 1.23. The molecule has 0 spiro atoms. The smallest absolute Gasteiger partial charge is 0.342 e. The van der Waals surface area contributed by atoms with Gasteiger partial charge in [-0.3, -0.25) is 10.1 Å². The van der Waals surface area contributed by atoms with Gasteiger partial charge in [-0.05, 0) is 19.3 Å². The third-order valence-electron chi connectivity index (χ3n) is 3.44. The van der Waals surface area contributed by atoms with Gasteiger partial charge in [0.15, 0.2) is 0 Å². The second-order valence-electron chi connectivity index (χ2n) is 4.99. The molecule has 1 unspecified atom stereocenters. The number of anilines is 1. The summed E-state index contributed by atoms with van der Waals surface area (Å²) < 4.78 is 5.62. The molecule has 1 aromatic rings. The highest BCUT2D eigenvalue weighted by Gasteiger charge is 2.23. The van der Waals surface area contributed by atoms with Crippen molar-refractivity contribution in [3.63, 3.8) is 0 Å². The predicted molar refractivity (Wildman–Crippen MR) is 74.7 cm³/mol. The summed E-state index contributed by atoms with van der Waals surface area (Å²) in [6.45, 7) is 1.30. The molecule has 8 nitrogen and oxygen atoms in total. The summed E-state index contributed by atoms with van der Waals surface area (Å²) in [6.07, 6.45) is 4.17. The summed E-state index contributed by atoms with van der Waals surface area (Å²) in [5.74, 6) is -0.958. The molecule has 2 rings (SSSR count). The highest BCUT2D eigenvalue weighted by molar-refractivity contribution is 5.93. The molecule has 1 aliphatic rings. The first kappa shape index (κ1) is 15.2. The monoisotopic (exact) mass is 295 g/mol. The van der Waals surface area contributed by atoms with Crippen molar-refractivity contribution in [2.75, 3.05) is 25.1 Å². The molecule has 0 aromatic carbocycles. The number of ether oxygens (including phenoxy) is 1. The van der Waals surface area contributed by atoms with Crippen molar-refractivity contribution in [3.8, 4) is 0 Å². The first-order valence-electron chi connectivity index (χ1n) is 6.69. The van der Waals surface area contributed by atoms with Crippen LogP contribution in [0.5, 0.6) is 0 Å². The summed E-state index contributed by atoms with van der Waals surface area (Å²) in [4.78, 5) is 26.9. The Balaban J connectivity index is 2.17. The predicted octanol–water partition coefficient (Wildman–Crippen LogP) is 1.69. The number of aromatic carboxylic acids is 1. The molecule has 1 atom stereocenters. The van der Waals surface area contributed by atoms with Crippen LogP contribution in [0.1, 0.15) is 29.6 Å². The Morgan fingerprint density at radius 3 is 2.95 bits per heavy atom. The normalized spacial score (nSPS) is 18.2. The number of hydrogen-bond donors (Lipinski definition) is 1. The number of pyridine rings is 1. The Morgan fingerprint density at radius 1 is 1.62 bits per heavy atom. The maximum atomic E-state index is 11.1. The maximum absolute atomic E-state index is 11.1. The highest BCUT2D eigenvalue weighted by atomic mass is 16.6. The second kappa shape index (κ2) is 6.49. The lowest BCUT2D eigenvalue weighted by Gasteiger charge is -2.28. The van der Waals surface area contributed by atoms with Gasteiger partial charge in [-0.2, -0.15) is 0 Å². The van der Waals surface area contributed by atoms with Gasteiger partial charge in [0.05, 0.1) is 11.0 Å². The van der Waals surface area contributed by atoms with Crippen LogP contribution >= 0.6 is 0 Å². The van der Waals surface area contributed by atoms with E-state index in [2.05, 4.69) is 4.98 Å². The third-order valence-corrected chi connectivity index (χ3v) is 3.44. The van der Waals surface area contributed by atoms with Crippen LogP contribution in [0.4, 0.5) is 11.5 Å². The Morgan fingerprint density at radius 2 is 2.38 bits per heavy atom. The number of nitro groups is 1. The number of rotatable bonds is 5. The van der Waals surface area contributed by atoms with Crippen molar-refractivity contribution in [2.45, 2.75) is 25.4 Å². The molecule has 1 N–H and O–H groups in total. The third kappa shape index (κ3) is 3.66. The molecule has 1 aromatic heterocycles. The van der Waals surface area contributed by atoms with Crippen molar-refractivity contribution in [3.05, 3.63) is 27.9 Å². The molecule has 114 valence electrons. The molecule has 0 radical (unpaired) electrons. The van der Waals surface area contributed by atoms with Gasteiger partial charge in [0.2, 0.25) is 0 Å². The lowest BCUT2D eigenvalue weighted by Crippen LogP contribution is -2.33. The zero-order valence-corrected chi connectivity index (χ0v) is 11.7. The van der Waals surface area contributed by atoms with Gasteiger partial charge in [0, 0.05) is 26.3 Å². The molecule has 0 saturated carbocycles. The average Bonchev–Trinajstić information content (AvgIpc) is 2.47. The minimum Gasteiger partial charge on any atom is -0.477 e. The maximum Gasteiger partial charge on any atom is 0.342 e. The topological polar surface area (TPSA) is 106 Å². The van der Waals surface area contributed by atoms with E-state index in [-0.39, 0.29) is 11.7 Å². The van der Waals surface area contributed by atoms with Crippen LogP contribution in [0.3, 0.4) is 0 Å². The van der Waals surface area contributed by atoms with Crippen LogP contribution in [0, 0.1) is 10.1 Å². The molecule has 0 amide bonds. The molecule has 1 saturated heterocycles. The SMILES string of the molecule is CN(CC1CCCCO1)c1cc(C(=O)O)c([N+](=O)[O-])cn1. The Labute approximate surface area is 121 Å². The van der Waals surface area contributed by atoms with Crippen LogP contribution < -0.4 is 4.90 Å². The zero-order valence-electron chi connectivity index (χ0n) is 11.7. The summed E-state index contributed by atoms with van der Waals surface area (Å²) in [5.41, 5.74) is -0.866. The minimum absolute atomic E-state index is 0.0778. The van der Waals surface area contributed by atoms with Crippen molar-refractivity contribution in [1.29, 1.82) is 0 Å². The summed E-state index contributed by atoms with van der Waals surface area (Å²) in [5, 5.41) is 19.9. The number of nitrogens with zero attached hydrogens (tertiary/aromatic N) is 3. The molecule has 2 heterocycles. The van der Waals surface area contributed by atoms with E-state index in [9.17, 15) is 14.9 Å². The first-order valence-corrected chi connectivity index (χ1v) is 6.69. The van der Waals surface area contributed by atoms with E-state index in [4.69, 9.17) is 9.84 Å². The fourth-order valence-corrected chi connectivity index (χ4v) is 2.31. The van der Waals surface area contributed by atoms with Crippen LogP contribution in [-0.4, -0.2) is 47.3 Å². The molecular weight excluding hydrogens is 278 g/mol. The molecule has 1 aliphatic heterocycles. The highest BCUT2D eigenvalue weighted by Crippen LogP contribution is 2.23. The molecule has 1 fully saturated rings. The largest absolute Gasteiger partial charge is 0.477 e. The lowest BCUT2D eigenvalue weighted by atomic mass is 10.1. The van der Waals surface area contributed by atoms with Crippen LogP contribution in [0.25, 0.3) is 0 Å². The van der Waals surface area contributed by atoms with Gasteiger partial charge >= 0.3 is 11.7 Å². The van der Waals surface area contributed by atoms with Crippen molar-refractivity contribution >= 4 is 17.5 Å². The quantitative estimate of drug-likeness (QED) is 0.650. The van der Waals surface area contributed by atoms with E-state index in [1.165, 1.54) is 6.07 Å². The second-order valence-corrected chi connectivity index (χ2v) is 4.99. The van der Waals surface area contributed by atoms with E-state index in [1.807, 2.05) is 0 Å². The van der Waals surface area contributed by atoms with Crippen molar-refractivity contribution in [1.82, 2.24) is 4.98 Å². The molecule has 0 aliphatic carbocycles. The average molecular weight is 295 g/mol. The van der Waals surface area contributed by atoms with Crippen LogP contribution in [0.15, 0.2) is 12.3 Å². The Kier molecular flexibility index (Phi) is 4.69. The van der Waals surface area contributed by atoms with E-state index in [0.717, 1.165) is 32.1 Å². The van der Waals surface area contributed by atoms with E-state index >= 15 is 0 Å². The number of hydrogen-bond acceptors (Lipinski definition) is 6. The first-order chi connectivity index (χ1) is 9.99. The van der Waals surface area contributed by atoms with Crippen LogP contribution in [-0.2, 0) is 4.74 Å². The van der Waals surface area contributed by atoms with E-state index in [0.29, 0.717) is 12.4 Å². The molecule has 21 heavy (non-hydrogen) atoms. The zero-order chi connectivity index (χ0) is 15.4. The Bertz CT molecular complexity index is 543. The number of likely N-dealkylation sites (N-methyl/N-ethyl adjacent to an activating group) is 1. The summed E-state index contributed by atoms with van der Waals surface area (Å²) in [7, 11) is 1.76. The number of aromatic nitrogens is 1. The van der Waals surface area contributed by atoms with Gasteiger partial charge < -0.3 is 14.7 Å². The van der Waals surface area contributed by atoms with Crippen molar-refractivity contribution in [2.24, 2.45) is 0 Å². The Hall–Kier alpha value is -2.22. The van der Waals surface area contributed by atoms with E-state index in [1.54, 1.807) is 11.9 Å². The number of carboxylic acid groups (broad SMARTS) is 1. The molecule has 0 bridgehead atoms. The van der Waals surface area contributed by atoms with E-state index < -0.39 is 16.6 Å². The van der Waals surface area contributed by atoms with Gasteiger partial charge in [-0.1, -0.05) is 0 Å². The number of carboxylic acids is 1. The molecule has 8 heteroatoms. The van der Waals surface area contributed by atoms with Gasteiger partial charge in [0.1, 0.15) is 17.6 Å². The lowest BCUT2D eigenvalue weighted by molar-refractivity contribution is -0.385. The molecular formula is C13H17N3O5. The summed E-state index contributed by atoms with van der Waals surface area (Å²) >= 11 is 0. The van der Waals surface area contributed by atoms with Crippen LogP contribution in [0.2, 0.25) is 0 Å². The fraction of sp³-hybridized carbons (Fsp3) is 0.538. The fourth-order valence-electron chi connectivity index (χ4n) is 2.31. The standard InChI is InChI=1S/C13H17N3O5/c1-15(8-9-4-2-3-5-21-9)12-6-10(13(17)18)11(7-14-12)16(19)20/h6-7,9H,2-5,8H2,1H3,(H,17,18). The minimum atomic E-state index is -1.34. The van der Waals surface area contributed by atoms with Gasteiger partial charge in [-0.25, -0.2) is 9.78 Å². The van der Waals surface area contributed by atoms with Gasteiger partial charge in [0.25, 0.3) is 0 Å². The van der Waals surface area contributed by atoms with Gasteiger partial charge in [-0.15, -0.1) is 0 Å². The van der Waals surface area contributed by atoms with Crippen molar-refractivity contribution < 1.29 is 19.6 Å². The number of carbonyl (C=O) groups is 1.